The summed E-state index contributed by atoms with van der Waals surface area (Å²) in [5.41, 5.74) is -0.0300. The molecule has 100 valence electrons. The van der Waals surface area contributed by atoms with E-state index in [1.54, 1.807) is 0 Å². The number of halogens is 2. The van der Waals surface area contributed by atoms with Crippen LogP contribution in [0.15, 0.2) is 21.1 Å². The van der Waals surface area contributed by atoms with E-state index in [0.29, 0.717) is 21.3 Å². The van der Waals surface area contributed by atoms with Crippen LogP contribution in [0.1, 0.15) is 0 Å². The van der Waals surface area contributed by atoms with Crippen molar-refractivity contribution in [3.8, 4) is 5.75 Å². The summed E-state index contributed by atoms with van der Waals surface area (Å²) in [6.45, 7) is 0.836. The van der Waals surface area contributed by atoms with Gasteiger partial charge in [-0.1, -0.05) is 0 Å². The van der Waals surface area contributed by atoms with Crippen LogP contribution in [0.3, 0.4) is 0 Å². The Kier molecular flexibility index (Phi) is 6.55. The van der Waals surface area contributed by atoms with Crippen molar-refractivity contribution < 1.29 is 19.5 Å². The van der Waals surface area contributed by atoms with Gasteiger partial charge in [-0.05, 0) is 31.9 Å². The molecular weight excluding hydrogens is 374 g/mol. The molecule has 0 aromatic heterocycles. The predicted molar refractivity (Wildman–Crippen MR) is 71.9 cm³/mol. The standard InChI is InChI=1S/C10H11Br2NO5/c11-8-5-7(13(15)16)6-9(12)10(8)18-4-3-17-2-1-14/h5-6,14H,1-4H2. The van der Waals surface area contributed by atoms with Gasteiger partial charge >= 0.3 is 0 Å². The van der Waals surface area contributed by atoms with E-state index in [-0.39, 0.29) is 25.5 Å². The highest BCUT2D eigenvalue weighted by molar-refractivity contribution is 9.11. The van der Waals surface area contributed by atoms with Gasteiger partial charge in [0.2, 0.25) is 0 Å². The summed E-state index contributed by atoms with van der Waals surface area (Å²) in [5, 5.41) is 19.1. The third kappa shape index (κ3) is 4.52. The van der Waals surface area contributed by atoms with Gasteiger partial charge in [0.05, 0.1) is 33.7 Å². The summed E-state index contributed by atoms with van der Waals surface area (Å²) in [7, 11) is 0. The number of non-ortho nitro benzene ring substituents is 1. The van der Waals surface area contributed by atoms with E-state index < -0.39 is 4.92 Å². The lowest BCUT2D eigenvalue weighted by molar-refractivity contribution is -0.385. The monoisotopic (exact) mass is 383 g/mol. The van der Waals surface area contributed by atoms with Crippen molar-refractivity contribution in [2.45, 2.75) is 0 Å². The molecule has 0 aliphatic rings. The van der Waals surface area contributed by atoms with Gasteiger partial charge < -0.3 is 14.6 Å². The Morgan fingerprint density at radius 2 is 1.83 bits per heavy atom. The van der Waals surface area contributed by atoms with Crippen molar-refractivity contribution >= 4 is 37.5 Å². The zero-order valence-corrected chi connectivity index (χ0v) is 12.4. The first-order valence-electron chi connectivity index (χ1n) is 5.01. The quantitative estimate of drug-likeness (QED) is 0.443. The van der Waals surface area contributed by atoms with Crippen LogP contribution in [0.4, 0.5) is 5.69 Å². The van der Waals surface area contributed by atoms with Crippen LogP contribution >= 0.6 is 31.9 Å². The van der Waals surface area contributed by atoms with E-state index in [1.165, 1.54) is 12.1 Å². The van der Waals surface area contributed by atoms with Gasteiger partial charge in [-0.15, -0.1) is 0 Å². The second-order valence-corrected chi connectivity index (χ2v) is 4.89. The van der Waals surface area contributed by atoms with E-state index >= 15 is 0 Å². The number of benzene rings is 1. The molecule has 1 aromatic rings. The lowest BCUT2D eigenvalue weighted by Crippen LogP contribution is -2.09. The van der Waals surface area contributed by atoms with Gasteiger partial charge in [-0.3, -0.25) is 10.1 Å². The average molecular weight is 385 g/mol. The minimum Gasteiger partial charge on any atom is -0.489 e. The predicted octanol–water partition coefficient (Wildman–Crippen LogP) is 2.51. The van der Waals surface area contributed by atoms with Crippen LogP contribution in [0.25, 0.3) is 0 Å². The van der Waals surface area contributed by atoms with E-state index in [4.69, 9.17) is 14.6 Å². The number of hydrogen-bond acceptors (Lipinski definition) is 5. The second-order valence-electron chi connectivity index (χ2n) is 3.18. The first-order valence-corrected chi connectivity index (χ1v) is 6.59. The van der Waals surface area contributed by atoms with Gasteiger partial charge in [0.1, 0.15) is 12.4 Å². The average Bonchev–Trinajstić information content (AvgIpc) is 2.31. The molecule has 6 nitrogen and oxygen atoms in total. The molecule has 0 fully saturated rings. The molecule has 8 heteroatoms. The fraction of sp³-hybridized carbons (Fsp3) is 0.400. The Balaban J connectivity index is 2.63. The number of nitro groups is 1. The first-order chi connectivity index (χ1) is 8.56. The highest BCUT2D eigenvalue weighted by Gasteiger charge is 2.14. The van der Waals surface area contributed by atoms with E-state index in [2.05, 4.69) is 31.9 Å². The molecule has 0 unspecified atom stereocenters. The summed E-state index contributed by atoms with van der Waals surface area (Å²) in [4.78, 5) is 10.1. The Labute approximate surface area is 120 Å². The van der Waals surface area contributed by atoms with Crippen molar-refractivity contribution in [3.63, 3.8) is 0 Å². The Hall–Kier alpha value is -0.700. The van der Waals surface area contributed by atoms with Crippen LogP contribution in [-0.2, 0) is 4.74 Å². The lowest BCUT2D eigenvalue weighted by atomic mass is 10.3. The SMILES string of the molecule is O=[N+]([O-])c1cc(Br)c(OCCOCCO)c(Br)c1. The number of rotatable bonds is 7. The number of nitro benzene ring substituents is 1. The van der Waals surface area contributed by atoms with E-state index in [1.807, 2.05) is 0 Å². The zero-order chi connectivity index (χ0) is 13.5. The first kappa shape index (κ1) is 15.4. The molecule has 0 spiro atoms. The highest BCUT2D eigenvalue weighted by atomic mass is 79.9. The fourth-order valence-corrected chi connectivity index (χ4v) is 2.55. The van der Waals surface area contributed by atoms with Crippen molar-refractivity contribution in [2.24, 2.45) is 0 Å². The largest absolute Gasteiger partial charge is 0.489 e. The van der Waals surface area contributed by atoms with Crippen LogP contribution in [0.5, 0.6) is 5.75 Å². The number of hydrogen-bond donors (Lipinski definition) is 1. The van der Waals surface area contributed by atoms with Gasteiger partial charge in [-0.25, -0.2) is 0 Å². The molecule has 0 aliphatic heterocycles. The summed E-state index contributed by atoms with van der Waals surface area (Å²) >= 11 is 6.42. The third-order valence-corrected chi connectivity index (χ3v) is 3.08. The van der Waals surface area contributed by atoms with Crippen LogP contribution in [0, 0.1) is 10.1 Å². The molecular formula is C10H11Br2NO5. The van der Waals surface area contributed by atoms with E-state index in [9.17, 15) is 10.1 Å². The molecule has 0 bridgehead atoms. The summed E-state index contributed by atoms with van der Waals surface area (Å²) in [6.07, 6.45) is 0. The van der Waals surface area contributed by atoms with Gasteiger partial charge in [0.15, 0.2) is 0 Å². The van der Waals surface area contributed by atoms with Crippen LogP contribution < -0.4 is 4.74 Å². The maximum absolute atomic E-state index is 10.6. The normalized spacial score (nSPS) is 10.4. The smallest absolute Gasteiger partial charge is 0.271 e. The molecule has 0 heterocycles. The molecule has 18 heavy (non-hydrogen) atoms. The molecule has 0 aliphatic carbocycles. The van der Waals surface area contributed by atoms with Crippen molar-refractivity contribution in [2.75, 3.05) is 26.4 Å². The Morgan fingerprint density at radius 3 is 2.33 bits per heavy atom. The lowest BCUT2D eigenvalue weighted by Gasteiger charge is -2.10. The Morgan fingerprint density at radius 1 is 1.22 bits per heavy atom. The minimum absolute atomic E-state index is 0.0300. The molecule has 1 N–H and O–H groups in total. The number of ether oxygens (including phenoxy) is 2. The highest BCUT2D eigenvalue weighted by Crippen LogP contribution is 2.37. The summed E-state index contributed by atoms with van der Waals surface area (Å²) in [6, 6.07) is 2.74. The van der Waals surface area contributed by atoms with Crippen LogP contribution in [-0.4, -0.2) is 36.5 Å². The van der Waals surface area contributed by atoms with Gasteiger partial charge in [0, 0.05) is 12.1 Å². The van der Waals surface area contributed by atoms with Crippen molar-refractivity contribution in [3.05, 3.63) is 31.2 Å². The molecule has 1 rings (SSSR count). The molecule has 0 radical (unpaired) electrons. The minimum atomic E-state index is -0.482. The number of aliphatic hydroxyl groups excluding tert-OH is 1. The second kappa shape index (κ2) is 7.67. The number of aliphatic hydroxyl groups is 1. The topological polar surface area (TPSA) is 81.8 Å². The third-order valence-electron chi connectivity index (χ3n) is 1.90. The summed E-state index contributed by atoms with van der Waals surface area (Å²) < 4.78 is 11.4. The maximum Gasteiger partial charge on any atom is 0.271 e. The molecule has 0 atom stereocenters. The zero-order valence-electron chi connectivity index (χ0n) is 9.27. The molecule has 0 saturated carbocycles. The molecule has 0 saturated heterocycles. The Bertz CT molecular complexity index is 404. The molecule has 0 amide bonds. The van der Waals surface area contributed by atoms with Crippen molar-refractivity contribution in [1.29, 1.82) is 0 Å². The summed E-state index contributed by atoms with van der Waals surface area (Å²) in [5.74, 6) is 0.480. The van der Waals surface area contributed by atoms with Crippen LogP contribution in [0.2, 0.25) is 0 Å². The maximum atomic E-state index is 10.6. The van der Waals surface area contributed by atoms with Gasteiger partial charge in [0.25, 0.3) is 5.69 Å². The number of nitrogens with zero attached hydrogens (tertiary/aromatic N) is 1. The molecule has 1 aromatic carbocycles. The van der Waals surface area contributed by atoms with Gasteiger partial charge in [-0.2, -0.15) is 0 Å². The van der Waals surface area contributed by atoms with Crippen molar-refractivity contribution in [1.82, 2.24) is 0 Å². The van der Waals surface area contributed by atoms with E-state index in [0.717, 1.165) is 0 Å². The fourth-order valence-electron chi connectivity index (χ4n) is 1.16.